The molecule has 1 aliphatic rings. The molecule has 4 nitrogen and oxygen atoms in total. The van der Waals surface area contributed by atoms with E-state index in [1.807, 2.05) is 15.9 Å². The first-order chi connectivity index (χ1) is 11.9. The molecule has 0 saturated carbocycles. The van der Waals surface area contributed by atoms with Gasteiger partial charge in [-0.1, -0.05) is 12.1 Å². The van der Waals surface area contributed by atoms with E-state index in [1.165, 1.54) is 6.07 Å². The summed E-state index contributed by atoms with van der Waals surface area (Å²) in [6.07, 6.45) is -4.30. The van der Waals surface area contributed by atoms with Crippen molar-refractivity contribution in [3.8, 4) is 0 Å². The van der Waals surface area contributed by atoms with Gasteiger partial charge < -0.3 is 15.1 Å². The maximum absolute atomic E-state index is 13.8. The molecule has 0 bridgehead atoms. The van der Waals surface area contributed by atoms with Crippen LogP contribution in [-0.4, -0.2) is 56.8 Å². The van der Waals surface area contributed by atoms with E-state index < -0.39 is 12.6 Å². The van der Waals surface area contributed by atoms with Gasteiger partial charge in [0, 0.05) is 46.2 Å². The Kier molecular flexibility index (Phi) is 9.45. The molecule has 1 aliphatic heterocycles. The fourth-order valence-electron chi connectivity index (χ4n) is 2.85. The Bertz CT molecular complexity index is 572. The summed E-state index contributed by atoms with van der Waals surface area (Å²) in [5.74, 6) is 0.448. The normalized spacial score (nSPS) is 15.7. The quantitative estimate of drug-likeness (QED) is 0.225. The molecule has 0 amide bonds. The number of alkyl halides is 3. The van der Waals surface area contributed by atoms with Crippen LogP contribution in [0.15, 0.2) is 29.3 Å². The lowest BCUT2D eigenvalue weighted by Crippen LogP contribution is -2.52. The van der Waals surface area contributed by atoms with Gasteiger partial charge in [0.2, 0.25) is 0 Å². The maximum Gasteiger partial charge on any atom is 0.389 e. The smallest absolute Gasteiger partial charge is 0.366 e. The maximum atomic E-state index is 13.8. The molecule has 1 aromatic carbocycles. The lowest BCUT2D eigenvalue weighted by atomic mass is 10.2. The average molecular weight is 488 g/mol. The Hall–Kier alpha value is -1.26. The minimum atomic E-state index is -4.09. The number of halogens is 5. The van der Waals surface area contributed by atoms with Crippen molar-refractivity contribution in [1.29, 1.82) is 0 Å². The van der Waals surface area contributed by atoms with Crippen LogP contribution >= 0.6 is 24.0 Å². The van der Waals surface area contributed by atoms with Gasteiger partial charge in [-0.15, -0.1) is 24.0 Å². The number of hydrogen-bond donors (Lipinski definition) is 1. The molecule has 1 saturated heterocycles. The van der Waals surface area contributed by atoms with Crippen molar-refractivity contribution in [2.75, 3.05) is 44.7 Å². The third kappa shape index (κ3) is 7.16. The van der Waals surface area contributed by atoms with Crippen molar-refractivity contribution in [3.05, 3.63) is 30.1 Å². The summed E-state index contributed by atoms with van der Waals surface area (Å²) < 4.78 is 50.2. The van der Waals surface area contributed by atoms with Crippen molar-refractivity contribution < 1.29 is 17.6 Å². The standard InChI is InChI=1S/C17H24F4N4.HI/c1-22-16(23-9-5-4-8-17(19,20)21)25-12-10-24(11-13-25)15-7-3-2-6-14(15)18;/h2-3,6-7H,4-5,8-13H2,1H3,(H,22,23);1H. The Morgan fingerprint density at radius 2 is 1.77 bits per heavy atom. The van der Waals surface area contributed by atoms with E-state index in [1.54, 1.807) is 19.2 Å². The topological polar surface area (TPSA) is 30.9 Å². The highest BCUT2D eigenvalue weighted by molar-refractivity contribution is 14.0. The molecule has 0 spiro atoms. The van der Waals surface area contributed by atoms with Crippen molar-refractivity contribution >= 4 is 35.6 Å². The molecule has 0 aliphatic carbocycles. The second-order valence-electron chi connectivity index (χ2n) is 5.97. The molecule has 148 valence electrons. The molecule has 0 radical (unpaired) electrons. The zero-order valence-corrected chi connectivity index (χ0v) is 17.1. The lowest BCUT2D eigenvalue weighted by Gasteiger charge is -2.37. The van der Waals surface area contributed by atoms with E-state index in [2.05, 4.69) is 10.3 Å². The number of benzene rings is 1. The summed E-state index contributed by atoms with van der Waals surface area (Å²) in [4.78, 5) is 8.22. The minimum absolute atomic E-state index is 0. The van der Waals surface area contributed by atoms with Gasteiger partial charge in [0.15, 0.2) is 5.96 Å². The van der Waals surface area contributed by atoms with Crippen LogP contribution in [0.5, 0.6) is 0 Å². The molecular weight excluding hydrogens is 463 g/mol. The summed E-state index contributed by atoms with van der Waals surface area (Å²) in [6.45, 7) is 3.13. The molecule has 26 heavy (non-hydrogen) atoms. The Balaban J connectivity index is 0.00000338. The predicted octanol–water partition coefficient (Wildman–Crippen LogP) is 3.87. The van der Waals surface area contributed by atoms with Crippen molar-refractivity contribution in [2.24, 2.45) is 4.99 Å². The minimum Gasteiger partial charge on any atom is -0.366 e. The number of piperazine rings is 1. The van der Waals surface area contributed by atoms with Crippen LogP contribution < -0.4 is 10.2 Å². The second kappa shape index (κ2) is 10.8. The number of aliphatic imine (C=N–C) groups is 1. The number of hydrogen-bond acceptors (Lipinski definition) is 2. The third-order valence-electron chi connectivity index (χ3n) is 4.15. The first-order valence-corrected chi connectivity index (χ1v) is 8.42. The number of nitrogens with zero attached hydrogens (tertiary/aromatic N) is 3. The molecule has 0 atom stereocenters. The average Bonchev–Trinajstić information content (AvgIpc) is 2.58. The number of unbranched alkanes of at least 4 members (excludes halogenated alkanes) is 1. The first kappa shape index (κ1) is 22.8. The van der Waals surface area contributed by atoms with Gasteiger partial charge in [-0.2, -0.15) is 13.2 Å². The van der Waals surface area contributed by atoms with Gasteiger partial charge in [0.25, 0.3) is 0 Å². The van der Waals surface area contributed by atoms with Crippen LogP contribution in [0.1, 0.15) is 19.3 Å². The summed E-state index contributed by atoms with van der Waals surface area (Å²) in [5, 5.41) is 3.11. The van der Waals surface area contributed by atoms with Gasteiger partial charge in [-0.3, -0.25) is 4.99 Å². The van der Waals surface area contributed by atoms with E-state index in [-0.39, 0.29) is 36.2 Å². The van der Waals surface area contributed by atoms with Crippen LogP contribution in [0.4, 0.5) is 23.2 Å². The second-order valence-corrected chi connectivity index (χ2v) is 5.97. The SMILES string of the molecule is CN=C(NCCCCC(F)(F)F)N1CCN(c2ccccc2F)CC1.I. The number of rotatable bonds is 5. The fraction of sp³-hybridized carbons (Fsp3) is 0.588. The molecule has 0 aromatic heterocycles. The van der Waals surface area contributed by atoms with Crippen molar-refractivity contribution in [1.82, 2.24) is 10.2 Å². The molecule has 1 N–H and O–H groups in total. The van der Waals surface area contributed by atoms with Crippen molar-refractivity contribution in [3.63, 3.8) is 0 Å². The number of nitrogens with one attached hydrogen (secondary N) is 1. The largest absolute Gasteiger partial charge is 0.389 e. The lowest BCUT2D eigenvalue weighted by molar-refractivity contribution is -0.135. The molecule has 2 rings (SSSR count). The molecule has 0 unspecified atom stereocenters. The Morgan fingerprint density at radius 1 is 1.12 bits per heavy atom. The number of anilines is 1. The van der Waals surface area contributed by atoms with Gasteiger partial charge >= 0.3 is 6.18 Å². The first-order valence-electron chi connectivity index (χ1n) is 8.42. The zero-order valence-electron chi connectivity index (χ0n) is 14.7. The molecule has 9 heteroatoms. The highest BCUT2D eigenvalue weighted by Gasteiger charge is 2.26. The monoisotopic (exact) mass is 488 g/mol. The van der Waals surface area contributed by atoms with E-state index in [9.17, 15) is 17.6 Å². The van der Waals surface area contributed by atoms with E-state index >= 15 is 0 Å². The fourth-order valence-corrected chi connectivity index (χ4v) is 2.85. The van der Waals surface area contributed by atoms with E-state index in [0.29, 0.717) is 50.8 Å². The summed E-state index contributed by atoms with van der Waals surface area (Å²) in [6, 6.07) is 6.69. The molecular formula is C17H25F4IN4. The Labute approximate surface area is 168 Å². The Morgan fingerprint density at radius 3 is 2.35 bits per heavy atom. The van der Waals surface area contributed by atoms with Crippen LogP contribution in [0.25, 0.3) is 0 Å². The highest BCUT2D eigenvalue weighted by Crippen LogP contribution is 2.22. The van der Waals surface area contributed by atoms with Crippen LogP contribution in [0.3, 0.4) is 0 Å². The van der Waals surface area contributed by atoms with E-state index in [4.69, 9.17) is 0 Å². The number of guanidine groups is 1. The van der Waals surface area contributed by atoms with E-state index in [0.717, 1.165) is 0 Å². The summed E-state index contributed by atoms with van der Waals surface area (Å²) in [5.41, 5.74) is 0.595. The molecule has 1 fully saturated rings. The van der Waals surface area contributed by atoms with Gasteiger partial charge in [-0.05, 0) is 25.0 Å². The van der Waals surface area contributed by atoms with Gasteiger partial charge in [0.05, 0.1) is 5.69 Å². The molecule has 1 aromatic rings. The predicted molar refractivity (Wildman–Crippen MR) is 107 cm³/mol. The van der Waals surface area contributed by atoms with Crippen molar-refractivity contribution in [2.45, 2.75) is 25.4 Å². The van der Waals surface area contributed by atoms with Crippen LogP contribution in [-0.2, 0) is 0 Å². The van der Waals surface area contributed by atoms with Gasteiger partial charge in [-0.25, -0.2) is 4.39 Å². The van der Waals surface area contributed by atoms with Crippen LogP contribution in [0, 0.1) is 5.82 Å². The number of para-hydroxylation sites is 1. The third-order valence-corrected chi connectivity index (χ3v) is 4.15. The zero-order chi connectivity index (χ0) is 18.3. The summed E-state index contributed by atoms with van der Waals surface area (Å²) in [7, 11) is 1.65. The van der Waals surface area contributed by atoms with Gasteiger partial charge in [0.1, 0.15) is 5.82 Å². The molecule has 1 heterocycles. The highest BCUT2D eigenvalue weighted by atomic mass is 127. The summed E-state index contributed by atoms with van der Waals surface area (Å²) >= 11 is 0. The van der Waals surface area contributed by atoms with Crippen LogP contribution in [0.2, 0.25) is 0 Å².